The Bertz CT molecular complexity index is 719. The van der Waals surface area contributed by atoms with Crippen molar-refractivity contribution in [2.75, 3.05) is 0 Å². The van der Waals surface area contributed by atoms with Gasteiger partial charge in [0, 0.05) is 0 Å². The average Bonchev–Trinajstić information content (AvgIpc) is 2.55. The minimum Gasteiger partial charge on any atom is -0.480 e. The van der Waals surface area contributed by atoms with Crippen LogP contribution in [-0.2, 0) is 22.4 Å². The molecule has 6 heteroatoms. The number of aliphatic carboxylic acids is 1. The molecule has 2 N–H and O–H groups in total. The van der Waals surface area contributed by atoms with Crippen LogP contribution in [0.3, 0.4) is 0 Å². The van der Waals surface area contributed by atoms with E-state index in [0.717, 1.165) is 17.7 Å². The summed E-state index contributed by atoms with van der Waals surface area (Å²) < 4.78 is 26.0. The average molecular weight is 333 g/mol. The summed E-state index contributed by atoms with van der Waals surface area (Å²) in [5, 5.41) is 11.6. The topological polar surface area (TPSA) is 66.4 Å². The molecule has 2 aromatic rings. The normalized spacial score (nSPS) is 11.8. The maximum absolute atomic E-state index is 13.1. The third-order valence-electron chi connectivity index (χ3n) is 3.55. The number of carboxylic acids is 1. The molecule has 1 atom stereocenters. The monoisotopic (exact) mass is 333 g/mol. The lowest BCUT2D eigenvalue weighted by atomic mass is 10.0. The Morgan fingerprint density at radius 3 is 2.33 bits per heavy atom. The fourth-order valence-electron chi connectivity index (χ4n) is 2.29. The number of rotatable bonds is 7. The lowest BCUT2D eigenvalue weighted by Crippen LogP contribution is -2.41. The van der Waals surface area contributed by atoms with E-state index in [1.165, 1.54) is 6.07 Å². The van der Waals surface area contributed by atoms with Gasteiger partial charge in [0.1, 0.15) is 6.04 Å². The van der Waals surface area contributed by atoms with Crippen molar-refractivity contribution in [1.82, 2.24) is 5.32 Å². The molecule has 0 heterocycles. The molecule has 0 aliphatic carbocycles. The number of benzene rings is 2. The summed E-state index contributed by atoms with van der Waals surface area (Å²) in [5.41, 5.74) is 1.25. The summed E-state index contributed by atoms with van der Waals surface area (Å²) >= 11 is 0. The van der Waals surface area contributed by atoms with E-state index in [2.05, 4.69) is 5.32 Å². The third kappa shape index (κ3) is 5.15. The summed E-state index contributed by atoms with van der Waals surface area (Å²) in [4.78, 5) is 23.2. The second-order valence-electron chi connectivity index (χ2n) is 5.41. The maximum Gasteiger partial charge on any atom is 0.326 e. The smallest absolute Gasteiger partial charge is 0.326 e. The molecule has 0 unspecified atom stereocenters. The van der Waals surface area contributed by atoms with E-state index >= 15 is 0 Å². The van der Waals surface area contributed by atoms with Gasteiger partial charge in [-0.1, -0.05) is 36.4 Å². The molecule has 0 saturated carbocycles. The predicted octanol–water partition coefficient (Wildman–Crippen LogP) is 2.71. The minimum absolute atomic E-state index is 0.216. The molecule has 126 valence electrons. The zero-order chi connectivity index (χ0) is 17.5. The van der Waals surface area contributed by atoms with Crippen LogP contribution in [0.1, 0.15) is 17.5 Å². The van der Waals surface area contributed by atoms with Crippen molar-refractivity contribution in [2.45, 2.75) is 25.3 Å². The zero-order valence-electron chi connectivity index (χ0n) is 12.8. The second kappa shape index (κ2) is 8.19. The molecule has 2 rings (SSSR count). The number of aryl methyl sites for hydroxylation is 1. The molecular weight excluding hydrogens is 316 g/mol. The molecule has 24 heavy (non-hydrogen) atoms. The SMILES string of the molecule is O=C(Cc1ccc(F)c(F)c1)N[C@@H](CCc1ccccc1)C(=O)O. The van der Waals surface area contributed by atoms with Gasteiger partial charge < -0.3 is 10.4 Å². The molecule has 4 nitrogen and oxygen atoms in total. The Hall–Kier alpha value is -2.76. The molecule has 0 aromatic heterocycles. The maximum atomic E-state index is 13.1. The van der Waals surface area contributed by atoms with Crippen molar-refractivity contribution in [3.05, 3.63) is 71.3 Å². The standard InChI is InChI=1S/C18H17F2NO3/c19-14-8-6-13(10-15(14)20)11-17(22)21-16(18(23)24)9-7-12-4-2-1-3-5-12/h1-6,8,10,16H,7,9,11H2,(H,21,22)(H,23,24)/t16-/m0/s1. The third-order valence-corrected chi connectivity index (χ3v) is 3.55. The van der Waals surface area contributed by atoms with Crippen LogP contribution in [0.5, 0.6) is 0 Å². The molecule has 0 aliphatic heterocycles. The summed E-state index contributed by atoms with van der Waals surface area (Å²) in [6.07, 6.45) is 0.526. The van der Waals surface area contributed by atoms with Gasteiger partial charge in [-0.2, -0.15) is 0 Å². The second-order valence-corrected chi connectivity index (χ2v) is 5.41. The number of halogens is 2. The van der Waals surface area contributed by atoms with Gasteiger partial charge in [0.15, 0.2) is 11.6 Å². The highest BCUT2D eigenvalue weighted by Gasteiger charge is 2.20. The van der Waals surface area contributed by atoms with Crippen LogP contribution in [0, 0.1) is 11.6 Å². The van der Waals surface area contributed by atoms with Crippen LogP contribution >= 0.6 is 0 Å². The number of hydrogen-bond acceptors (Lipinski definition) is 2. The van der Waals surface area contributed by atoms with Gasteiger partial charge in [-0.05, 0) is 36.1 Å². The lowest BCUT2D eigenvalue weighted by Gasteiger charge is -2.14. The summed E-state index contributed by atoms with van der Waals surface area (Å²) in [5.74, 6) is -3.73. The van der Waals surface area contributed by atoms with Crippen molar-refractivity contribution in [2.24, 2.45) is 0 Å². The van der Waals surface area contributed by atoms with E-state index in [-0.39, 0.29) is 18.4 Å². The molecular formula is C18H17F2NO3. The van der Waals surface area contributed by atoms with Crippen molar-refractivity contribution < 1.29 is 23.5 Å². The number of nitrogens with one attached hydrogen (secondary N) is 1. The highest BCUT2D eigenvalue weighted by Crippen LogP contribution is 2.10. The van der Waals surface area contributed by atoms with Gasteiger partial charge >= 0.3 is 5.97 Å². The van der Waals surface area contributed by atoms with E-state index in [9.17, 15) is 23.5 Å². The van der Waals surface area contributed by atoms with Crippen LogP contribution in [0.2, 0.25) is 0 Å². The molecule has 0 fully saturated rings. The minimum atomic E-state index is -1.13. The molecule has 0 aliphatic rings. The van der Waals surface area contributed by atoms with Crippen LogP contribution < -0.4 is 5.32 Å². The summed E-state index contributed by atoms with van der Waals surface area (Å²) in [6.45, 7) is 0. The van der Waals surface area contributed by atoms with Gasteiger partial charge in [0.2, 0.25) is 5.91 Å². The number of carboxylic acid groups (broad SMARTS) is 1. The van der Waals surface area contributed by atoms with Gasteiger partial charge in [-0.25, -0.2) is 13.6 Å². The first kappa shape index (κ1) is 17.6. The fraction of sp³-hybridized carbons (Fsp3) is 0.222. The molecule has 0 saturated heterocycles. The highest BCUT2D eigenvalue weighted by atomic mass is 19.2. The first-order valence-electron chi connectivity index (χ1n) is 7.45. The van der Waals surface area contributed by atoms with E-state index in [0.29, 0.717) is 6.42 Å². The van der Waals surface area contributed by atoms with Crippen molar-refractivity contribution >= 4 is 11.9 Å². The van der Waals surface area contributed by atoms with Crippen LogP contribution in [0.25, 0.3) is 0 Å². The molecule has 0 spiro atoms. The first-order valence-corrected chi connectivity index (χ1v) is 7.45. The first-order chi connectivity index (χ1) is 11.5. The van der Waals surface area contributed by atoms with Crippen LogP contribution in [0.15, 0.2) is 48.5 Å². The highest BCUT2D eigenvalue weighted by molar-refractivity contribution is 5.84. The van der Waals surface area contributed by atoms with Gasteiger partial charge in [-0.15, -0.1) is 0 Å². The van der Waals surface area contributed by atoms with Gasteiger partial charge in [0.05, 0.1) is 6.42 Å². The Labute approximate surface area is 138 Å². The van der Waals surface area contributed by atoms with Crippen molar-refractivity contribution in [3.63, 3.8) is 0 Å². The predicted molar refractivity (Wildman–Crippen MR) is 84.4 cm³/mol. The summed E-state index contributed by atoms with van der Waals surface area (Å²) in [6, 6.07) is 11.4. The largest absolute Gasteiger partial charge is 0.480 e. The number of carbonyl (C=O) groups is 2. The van der Waals surface area contributed by atoms with E-state index in [4.69, 9.17) is 0 Å². The number of carbonyl (C=O) groups excluding carboxylic acids is 1. The molecule has 2 aromatic carbocycles. The Kier molecular flexibility index (Phi) is 6.01. The Morgan fingerprint density at radius 2 is 1.71 bits per heavy atom. The lowest BCUT2D eigenvalue weighted by molar-refractivity contribution is -0.141. The molecule has 0 bridgehead atoms. The van der Waals surface area contributed by atoms with E-state index in [1.807, 2.05) is 30.3 Å². The van der Waals surface area contributed by atoms with E-state index in [1.54, 1.807) is 0 Å². The Morgan fingerprint density at radius 1 is 1.00 bits per heavy atom. The van der Waals surface area contributed by atoms with E-state index < -0.39 is 29.6 Å². The fourth-order valence-corrected chi connectivity index (χ4v) is 2.29. The van der Waals surface area contributed by atoms with Gasteiger partial charge in [0.25, 0.3) is 0 Å². The zero-order valence-corrected chi connectivity index (χ0v) is 12.8. The molecule has 1 amide bonds. The van der Waals surface area contributed by atoms with Crippen LogP contribution in [-0.4, -0.2) is 23.0 Å². The van der Waals surface area contributed by atoms with Gasteiger partial charge in [-0.3, -0.25) is 4.79 Å². The number of hydrogen-bond donors (Lipinski definition) is 2. The van der Waals surface area contributed by atoms with Crippen molar-refractivity contribution in [3.8, 4) is 0 Å². The van der Waals surface area contributed by atoms with Crippen molar-refractivity contribution in [1.29, 1.82) is 0 Å². The molecule has 0 radical (unpaired) electrons. The summed E-state index contributed by atoms with van der Waals surface area (Å²) in [7, 11) is 0. The van der Waals surface area contributed by atoms with Crippen LogP contribution in [0.4, 0.5) is 8.78 Å². The Balaban J connectivity index is 1.92. The number of amides is 1. The quantitative estimate of drug-likeness (QED) is 0.819.